The lowest BCUT2D eigenvalue weighted by atomic mass is 9.91. The summed E-state index contributed by atoms with van der Waals surface area (Å²) in [5.41, 5.74) is 6.76. The van der Waals surface area contributed by atoms with E-state index in [1.54, 1.807) is 17.0 Å². The summed E-state index contributed by atoms with van der Waals surface area (Å²) in [6, 6.07) is 6.40. The van der Waals surface area contributed by atoms with E-state index < -0.39 is 6.04 Å². The number of amides is 2. The first-order valence-corrected chi connectivity index (χ1v) is 8.62. The van der Waals surface area contributed by atoms with Crippen molar-refractivity contribution in [3.63, 3.8) is 0 Å². The molecule has 0 saturated carbocycles. The Balaban J connectivity index is 1.59. The highest BCUT2D eigenvalue weighted by atomic mass is 35.5. The first-order chi connectivity index (χ1) is 11.6. The van der Waals surface area contributed by atoms with Gasteiger partial charge in [0, 0.05) is 26.2 Å². The topological polar surface area (TPSA) is 84.7 Å². The molecule has 0 radical (unpaired) electrons. The fourth-order valence-corrected chi connectivity index (χ4v) is 3.53. The quantitative estimate of drug-likeness (QED) is 0.856. The predicted molar refractivity (Wildman–Crippen MR) is 91.9 cm³/mol. The molecule has 1 aromatic rings. The number of nitrogens with one attached hydrogen (secondary N) is 1. The number of anilines is 1. The van der Waals surface area contributed by atoms with Crippen LogP contribution in [0.1, 0.15) is 19.3 Å². The smallest absolute Gasteiger partial charge is 0.237 e. The molecule has 6 nitrogen and oxygen atoms in total. The predicted octanol–water partition coefficient (Wildman–Crippen LogP) is 1.32. The zero-order chi connectivity index (χ0) is 17.1. The number of nitrogens with zero attached hydrogens (tertiary/aromatic N) is 1. The van der Waals surface area contributed by atoms with E-state index >= 15 is 0 Å². The van der Waals surface area contributed by atoms with Crippen LogP contribution in [0.3, 0.4) is 0 Å². The second-order valence-electron chi connectivity index (χ2n) is 6.34. The van der Waals surface area contributed by atoms with Crippen LogP contribution < -0.4 is 16.0 Å². The van der Waals surface area contributed by atoms with Crippen molar-refractivity contribution in [2.24, 2.45) is 11.7 Å². The van der Waals surface area contributed by atoms with Crippen LogP contribution in [0.15, 0.2) is 24.3 Å². The van der Waals surface area contributed by atoms with Gasteiger partial charge in [0.15, 0.2) is 0 Å². The summed E-state index contributed by atoms with van der Waals surface area (Å²) >= 11 is 6.16. The Kier molecular flexibility index (Phi) is 5.38. The minimum atomic E-state index is -0.557. The zero-order valence-corrected chi connectivity index (χ0v) is 14.2. The number of hydrogen-bond donors (Lipinski definition) is 2. The molecule has 2 saturated heterocycles. The third-order valence-corrected chi connectivity index (χ3v) is 5.01. The van der Waals surface area contributed by atoms with Crippen molar-refractivity contribution >= 4 is 29.1 Å². The maximum absolute atomic E-state index is 12.4. The molecule has 24 heavy (non-hydrogen) atoms. The van der Waals surface area contributed by atoms with Gasteiger partial charge in [-0.25, -0.2) is 0 Å². The lowest BCUT2D eigenvalue weighted by Crippen LogP contribution is -2.50. The summed E-state index contributed by atoms with van der Waals surface area (Å²) in [4.78, 5) is 26.3. The van der Waals surface area contributed by atoms with Crippen LogP contribution in [0.5, 0.6) is 0 Å². The van der Waals surface area contributed by atoms with Crippen molar-refractivity contribution in [2.45, 2.75) is 31.3 Å². The first-order valence-electron chi connectivity index (χ1n) is 8.25. The van der Waals surface area contributed by atoms with E-state index in [1.807, 2.05) is 12.1 Å². The maximum Gasteiger partial charge on any atom is 0.237 e. The van der Waals surface area contributed by atoms with E-state index in [-0.39, 0.29) is 30.2 Å². The molecule has 2 atom stereocenters. The lowest BCUT2D eigenvalue weighted by molar-refractivity contribution is -0.125. The van der Waals surface area contributed by atoms with Gasteiger partial charge in [-0.1, -0.05) is 23.7 Å². The number of benzene rings is 1. The first kappa shape index (κ1) is 17.2. The van der Waals surface area contributed by atoms with Crippen LogP contribution in [0.25, 0.3) is 0 Å². The molecule has 1 aromatic carbocycles. The van der Waals surface area contributed by atoms with Crippen LogP contribution in [-0.4, -0.2) is 43.7 Å². The third-order valence-electron chi connectivity index (χ3n) is 4.69. The number of ether oxygens (including phenoxy) is 1. The molecule has 2 fully saturated rings. The molecule has 130 valence electrons. The van der Waals surface area contributed by atoms with Crippen LogP contribution >= 0.6 is 11.6 Å². The second kappa shape index (κ2) is 7.51. The van der Waals surface area contributed by atoms with Crippen LogP contribution in [0.4, 0.5) is 5.69 Å². The average Bonchev–Trinajstić information content (AvgIpc) is 2.95. The number of nitrogens with two attached hydrogens (primary N) is 1. The third kappa shape index (κ3) is 3.71. The molecule has 0 aromatic heterocycles. The normalized spacial score (nSPS) is 23.3. The van der Waals surface area contributed by atoms with E-state index in [1.165, 1.54) is 0 Å². The molecule has 3 rings (SSSR count). The van der Waals surface area contributed by atoms with Crippen LogP contribution in [-0.2, 0) is 14.3 Å². The van der Waals surface area contributed by atoms with E-state index in [9.17, 15) is 9.59 Å². The van der Waals surface area contributed by atoms with Gasteiger partial charge in [-0.2, -0.15) is 0 Å². The van der Waals surface area contributed by atoms with Gasteiger partial charge in [-0.15, -0.1) is 0 Å². The lowest BCUT2D eigenvalue weighted by Gasteiger charge is -2.27. The standard InChI is InChI=1S/C17H22ClN3O3/c18-13-3-1-2-4-14(13)21-10-12(9-15(21)22)20-17(23)16(19)11-5-7-24-8-6-11/h1-4,11-12,16H,5-10,19H2,(H,20,23). The maximum atomic E-state index is 12.4. The summed E-state index contributed by atoms with van der Waals surface area (Å²) in [5, 5.41) is 3.44. The van der Waals surface area contributed by atoms with Crippen LogP contribution in [0, 0.1) is 5.92 Å². The molecule has 2 amide bonds. The fourth-order valence-electron chi connectivity index (χ4n) is 3.29. The van der Waals surface area contributed by atoms with E-state index in [4.69, 9.17) is 22.1 Å². The van der Waals surface area contributed by atoms with Gasteiger partial charge < -0.3 is 20.7 Å². The van der Waals surface area contributed by atoms with E-state index in [2.05, 4.69) is 5.32 Å². The molecule has 2 aliphatic rings. The largest absolute Gasteiger partial charge is 0.381 e. The molecule has 2 aliphatic heterocycles. The molecule has 3 N–H and O–H groups in total. The zero-order valence-electron chi connectivity index (χ0n) is 13.4. The summed E-state index contributed by atoms with van der Waals surface area (Å²) in [5.74, 6) is -0.107. The summed E-state index contributed by atoms with van der Waals surface area (Å²) in [6.45, 7) is 1.70. The Morgan fingerprint density at radius 3 is 2.75 bits per heavy atom. The van der Waals surface area contributed by atoms with Gasteiger partial charge in [0.05, 0.1) is 22.8 Å². The number of carbonyl (C=O) groups is 2. The Labute approximate surface area is 146 Å². The molecular weight excluding hydrogens is 330 g/mol. The molecular formula is C17H22ClN3O3. The summed E-state index contributed by atoms with van der Waals surface area (Å²) < 4.78 is 5.30. The van der Waals surface area contributed by atoms with Gasteiger partial charge in [-0.05, 0) is 30.9 Å². The molecule has 2 heterocycles. The van der Waals surface area contributed by atoms with Gasteiger partial charge in [0.1, 0.15) is 0 Å². The van der Waals surface area contributed by atoms with Crippen molar-refractivity contribution in [2.75, 3.05) is 24.7 Å². The number of para-hydroxylation sites is 1. The van der Waals surface area contributed by atoms with Gasteiger partial charge in [0.2, 0.25) is 11.8 Å². The van der Waals surface area contributed by atoms with E-state index in [0.29, 0.717) is 30.5 Å². The minimum absolute atomic E-state index is 0.0481. The van der Waals surface area contributed by atoms with Gasteiger partial charge in [-0.3, -0.25) is 9.59 Å². The highest BCUT2D eigenvalue weighted by Gasteiger charge is 2.34. The van der Waals surface area contributed by atoms with Gasteiger partial charge in [0.25, 0.3) is 0 Å². The van der Waals surface area contributed by atoms with Gasteiger partial charge >= 0.3 is 0 Å². The SMILES string of the molecule is NC(C(=O)NC1CC(=O)N(c2ccccc2Cl)C1)C1CCOCC1. The minimum Gasteiger partial charge on any atom is -0.381 e. The van der Waals surface area contributed by atoms with E-state index in [0.717, 1.165) is 12.8 Å². The Hall–Kier alpha value is -1.63. The number of hydrogen-bond acceptors (Lipinski definition) is 4. The molecule has 0 aliphatic carbocycles. The van der Waals surface area contributed by atoms with Crippen molar-refractivity contribution in [1.29, 1.82) is 0 Å². The Morgan fingerprint density at radius 1 is 1.33 bits per heavy atom. The Morgan fingerprint density at radius 2 is 2.04 bits per heavy atom. The van der Waals surface area contributed by atoms with Crippen molar-refractivity contribution in [3.8, 4) is 0 Å². The fraction of sp³-hybridized carbons (Fsp3) is 0.529. The number of halogens is 1. The molecule has 7 heteroatoms. The van der Waals surface area contributed by atoms with Crippen molar-refractivity contribution in [3.05, 3.63) is 29.3 Å². The summed E-state index contributed by atoms with van der Waals surface area (Å²) in [7, 11) is 0. The average molecular weight is 352 g/mol. The molecule has 0 spiro atoms. The number of carbonyl (C=O) groups excluding carboxylic acids is 2. The highest BCUT2D eigenvalue weighted by Crippen LogP contribution is 2.29. The highest BCUT2D eigenvalue weighted by molar-refractivity contribution is 6.33. The molecule has 2 unspecified atom stereocenters. The van der Waals surface area contributed by atoms with Crippen LogP contribution in [0.2, 0.25) is 5.02 Å². The van der Waals surface area contributed by atoms with Crippen molar-refractivity contribution < 1.29 is 14.3 Å². The Bertz CT molecular complexity index is 619. The molecule has 0 bridgehead atoms. The monoisotopic (exact) mass is 351 g/mol. The van der Waals surface area contributed by atoms with Crippen molar-refractivity contribution in [1.82, 2.24) is 5.32 Å². The summed E-state index contributed by atoms with van der Waals surface area (Å²) in [6.07, 6.45) is 1.85. The second-order valence-corrected chi connectivity index (χ2v) is 6.75. The number of rotatable bonds is 4.